The van der Waals surface area contributed by atoms with Gasteiger partial charge in [-0.1, -0.05) is 6.07 Å². The van der Waals surface area contributed by atoms with Gasteiger partial charge in [0.05, 0.1) is 11.6 Å². The van der Waals surface area contributed by atoms with Crippen LogP contribution in [-0.2, 0) is 4.79 Å². The molecule has 1 N–H and O–H groups in total. The first-order chi connectivity index (χ1) is 9.21. The highest BCUT2D eigenvalue weighted by Gasteiger charge is 2.42. The number of amides is 1. The lowest BCUT2D eigenvalue weighted by Gasteiger charge is -2.33. The van der Waals surface area contributed by atoms with E-state index in [1.54, 1.807) is 6.20 Å². The van der Waals surface area contributed by atoms with Gasteiger partial charge < -0.3 is 10.2 Å². The van der Waals surface area contributed by atoms with Gasteiger partial charge >= 0.3 is 0 Å². The summed E-state index contributed by atoms with van der Waals surface area (Å²) < 4.78 is 0. The van der Waals surface area contributed by atoms with Gasteiger partial charge in [0.2, 0.25) is 5.91 Å². The molecule has 2 unspecified atom stereocenters. The molecule has 0 radical (unpaired) electrons. The molecule has 2 saturated heterocycles. The van der Waals surface area contributed by atoms with E-state index in [9.17, 15) is 4.79 Å². The van der Waals surface area contributed by atoms with Crippen molar-refractivity contribution in [1.29, 1.82) is 0 Å². The van der Waals surface area contributed by atoms with Crippen LogP contribution in [0.5, 0.6) is 0 Å². The van der Waals surface area contributed by atoms with Crippen LogP contribution in [0.4, 0.5) is 0 Å². The largest absolute Gasteiger partial charge is 0.334 e. The standard InChI is InChI=1S/C15H21N3O/c1-15(7-4-9-17-15)14(19)18-10-3-6-13(18)12-5-2-8-16-11-12/h2,5,8,11,13,17H,3-4,6-7,9-10H2,1H3. The first kappa shape index (κ1) is 12.6. The summed E-state index contributed by atoms with van der Waals surface area (Å²) in [5.41, 5.74) is 0.806. The Morgan fingerprint density at radius 2 is 2.42 bits per heavy atom. The fourth-order valence-electron chi connectivity index (χ4n) is 3.32. The molecule has 2 atom stereocenters. The zero-order chi connectivity index (χ0) is 13.3. The van der Waals surface area contributed by atoms with Crippen molar-refractivity contribution in [2.24, 2.45) is 0 Å². The van der Waals surface area contributed by atoms with Crippen LogP contribution in [0, 0.1) is 0 Å². The summed E-state index contributed by atoms with van der Waals surface area (Å²) >= 11 is 0. The normalized spacial score (nSPS) is 30.8. The minimum absolute atomic E-state index is 0.209. The average molecular weight is 259 g/mol. The summed E-state index contributed by atoms with van der Waals surface area (Å²) in [5, 5.41) is 3.37. The Balaban J connectivity index is 1.82. The lowest BCUT2D eigenvalue weighted by atomic mass is 9.97. The number of likely N-dealkylation sites (tertiary alicyclic amines) is 1. The minimum atomic E-state index is -0.356. The molecule has 1 amide bonds. The van der Waals surface area contributed by atoms with Crippen LogP contribution in [0.3, 0.4) is 0 Å². The van der Waals surface area contributed by atoms with Crippen molar-refractivity contribution in [3.63, 3.8) is 0 Å². The van der Waals surface area contributed by atoms with E-state index in [1.165, 1.54) is 0 Å². The third-order valence-electron chi connectivity index (χ3n) is 4.42. The SMILES string of the molecule is CC1(C(=O)N2CCCC2c2cccnc2)CCCN1. The first-order valence-corrected chi connectivity index (χ1v) is 7.17. The molecule has 1 aromatic rings. The van der Waals surface area contributed by atoms with E-state index in [1.807, 2.05) is 19.2 Å². The molecule has 2 aliphatic heterocycles. The summed E-state index contributed by atoms with van der Waals surface area (Å²) in [4.78, 5) is 19.0. The summed E-state index contributed by atoms with van der Waals surface area (Å²) in [6, 6.07) is 4.24. The van der Waals surface area contributed by atoms with Gasteiger partial charge in [-0.2, -0.15) is 0 Å². The van der Waals surface area contributed by atoms with E-state index in [0.717, 1.165) is 44.3 Å². The Morgan fingerprint density at radius 1 is 1.53 bits per heavy atom. The zero-order valence-corrected chi connectivity index (χ0v) is 11.4. The number of rotatable bonds is 2. The average Bonchev–Trinajstić information content (AvgIpc) is 3.08. The van der Waals surface area contributed by atoms with Crippen molar-refractivity contribution in [3.8, 4) is 0 Å². The summed E-state index contributed by atoms with van der Waals surface area (Å²) in [7, 11) is 0. The van der Waals surface area contributed by atoms with Crippen molar-refractivity contribution in [3.05, 3.63) is 30.1 Å². The van der Waals surface area contributed by atoms with E-state index in [-0.39, 0.29) is 17.5 Å². The number of hydrogen-bond donors (Lipinski definition) is 1. The predicted octanol–water partition coefficient (Wildman–Crippen LogP) is 1.89. The molecule has 3 heterocycles. The van der Waals surface area contributed by atoms with Crippen LogP contribution in [0.15, 0.2) is 24.5 Å². The molecule has 0 aliphatic carbocycles. The molecule has 3 rings (SSSR count). The van der Waals surface area contributed by atoms with Crippen LogP contribution in [-0.4, -0.2) is 34.4 Å². The minimum Gasteiger partial charge on any atom is -0.334 e. The van der Waals surface area contributed by atoms with Crippen LogP contribution in [0.1, 0.15) is 44.2 Å². The summed E-state index contributed by atoms with van der Waals surface area (Å²) in [6.07, 6.45) is 7.84. The van der Waals surface area contributed by atoms with Crippen molar-refractivity contribution in [1.82, 2.24) is 15.2 Å². The van der Waals surface area contributed by atoms with Crippen molar-refractivity contribution in [2.75, 3.05) is 13.1 Å². The second-order valence-electron chi connectivity index (χ2n) is 5.81. The Hall–Kier alpha value is -1.42. The van der Waals surface area contributed by atoms with Crippen LogP contribution >= 0.6 is 0 Å². The van der Waals surface area contributed by atoms with Crippen LogP contribution in [0.25, 0.3) is 0 Å². The summed E-state index contributed by atoms with van der Waals surface area (Å²) in [6.45, 7) is 3.87. The monoisotopic (exact) mass is 259 g/mol. The van der Waals surface area contributed by atoms with E-state index in [0.29, 0.717) is 0 Å². The lowest BCUT2D eigenvalue weighted by molar-refractivity contribution is -0.138. The van der Waals surface area contributed by atoms with E-state index >= 15 is 0 Å². The number of hydrogen-bond acceptors (Lipinski definition) is 3. The molecule has 0 saturated carbocycles. The number of nitrogens with one attached hydrogen (secondary N) is 1. The predicted molar refractivity (Wildman–Crippen MR) is 73.6 cm³/mol. The number of carbonyl (C=O) groups is 1. The molecule has 4 heteroatoms. The molecule has 2 aliphatic rings. The number of nitrogens with zero attached hydrogens (tertiary/aromatic N) is 2. The molecular formula is C15H21N3O. The maximum atomic E-state index is 12.8. The molecule has 0 spiro atoms. The highest BCUT2D eigenvalue weighted by atomic mass is 16.2. The van der Waals surface area contributed by atoms with Gasteiger partial charge in [-0.15, -0.1) is 0 Å². The van der Waals surface area contributed by atoms with E-state index in [2.05, 4.69) is 21.3 Å². The molecule has 2 fully saturated rings. The Labute approximate surface area is 114 Å². The fourth-order valence-corrected chi connectivity index (χ4v) is 3.32. The number of pyridine rings is 1. The van der Waals surface area contributed by atoms with Crippen molar-refractivity contribution in [2.45, 2.75) is 44.2 Å². The lowest BCUT2D eigenvalue weighted by Crippen LogP contribution is -2.52. The maximum Gasteiger partial charge on any atom is 0.243 e. The fraction of sp³-hybridized carbons (Fsp3) is 0.600. The second kappa shape index (κ2) is 4.93. The molecule has 19 heavy (non-hydrogen) atoms. The zero-order valence-electron chi connectivity index (χ0n) is 11.4. The smallest absolute Gasteiger partial charge is 0.243 e. The van der Waals surface area contributed by atoms with Gasteiger partial charge in [0.15, 0.2) is 0 Å². The third-order valence-corrected chi connectivity index (χ3v) is 4.42. The molecule has 0 bridgehead atoms. The van der Waals surface area contributed by atoms with Crippen LogP contribution < -0.4 is 5.32 Å². The van der Waals surface area contributed by atoms with E-state index in [4.69, 9.17) is 0 Å². The maximum absolute atomic E-state index is 12.8. The second-order valence-corrected chi connectivity index (χ2v) is 5.81. The van der Waals surface area contributed by atoms with Crippen LogP contribution in [0.2, 0.25) is 0 Å². The highest BCUT2D eigenvalue weighted by Crippen LogP contribution is 2.34. The Morgan fingerprint density at radius 3 is 3.11 bits per heavy atom. The molecule has 1 aromatic heterocycles. The van der Waals surface area contributed by atoms with Gasteiger partial charge in [-0.3, -0.25) is 9.78 Å². The molecule has 0 aromatic carbocycles. The molecule has 4 nitrogen and oxygen atoms in total. The Bertz CT molecular complexity index is 454. The first-order valence-electron chi connectivity index (χ1n) is 7.17. The topological polar surface area (TPSA) is 45.2 Å². The van der Waals surface area contributed by atoms with Gasteiger partial charge in [-0.05, 0) is 50.8 Å². The van der Waals surface area contributed by atoms with Crippen molar-refractivity contribution < 1.29 is 4.79 Å². The van der Waals surface area contributed by atoms with E-state index < -0.39 is 0 Å². The third kappa shape index (κ3) is 2.25. The van der Waals surface area contributed by atoms with Gasteiger partial charge in [0.1, 0.15) is 0 Å². The van der Waals surface area contributed by atoms with Gasteiger partial charge in [-0.25, -0.2) is 0 Å². The quantitative estimate of drug-likeness (QED) is 0.882. The Kier molecular flexibility index (Phi) is 3.27. The van der Waals surface area contributed by atoms with Crippen molar-refractivity contribution >= 4 is 5.91 Å². The van der Waals surface area contributed by atoms with Gasteiger partial charge in [0, 0.05) is 18.9 Å². The highest BCUT2D eigenvalue weighted by molar-refractivity contribution is 5.87. The van der Waals surface area contributed by atoms with Gasteiger partial charge in [0.25, 0.3) is 0 Å². The molecule has 102 valence electrons. The number of carbonyl (C=O) groups excluding carboxylic acids is 1. The number of aromatic nitrogens is 1. The molecular weight excluding hydrogens is 238 g/mol. The summed E-state index contributed by atoms with van der Waals surface area (Å²) in [5.74, 6) is 0.261.